The summed E-state index contributed by atoms with van der Waals surface area (Å²) in [6.45, 7) is 0.852. The van der Waals surface area contributed by atoms with Crippen LogP contribution in [0.15, 0.2) is 34.2 Å². The number of nitrogens with zero attached hydrogens (tertiary/aromatic N) is 1. The van der Waals surface area contributed by atoms with E-state index < -0.39 is 16.0 Å². The average Bonchev–Trinajstić information content (AvgIpc) is 2.86. The minimum absolute atomic E-state index is 0.0491. The van der Waals surface area contributed by atoms with Crippen molar-refractivity contribution < 1.29 is 23.1 Å². The van der Waals surface area contributed by atoms with Crippen LogP contribution in [0.25, 0.3) is 0 Å². The van der Waals surface area contributed by atoms with Crippen molar-refractivity contribution in [2.45, 2.75) is 43.4 Å². The highest BCUT2D eigenvalue weighted by Crippen LogP contribution is 2.22. The fourth-order valence-electron chi connectivity index (χ4n) is 2.57. The molecule has 1 heterocycles. The van der Waals surface area contributed by atoms with Crippen molar-refractivity contribution in [3.63, 3.8) is 0 Å². The molecule has 8 nitrogen and oxygen atoms in total. The number of unbranched alkanes of at least 4 members (excludes halogenated alkanes) is 2. The third-order valence-corrected chi connectivity index (χ3v) is 5.28. The summed E-state index contributed by atoms with van der Waals surface area (Å²) in [6.07, 6.45) is 3.12. The lowest BCUT2D eigenvalue weighted by molar-refractivity contribution is -0.137. The van der Waals surface area contributed by atoms with Crippen LogP contribution < -0.4 is 10.0 Å². The maximum Gasteiger partial charge on any atom is 0.303 e. The van der Waals surface area contributed by atoms with E-state index >= 15 is 0 Å². The second-order valence-electron chi connectivity index (χ2n) is 5.99. The molecule has 26 heavy (non-hydrogen) atoms. The molecule has 0 radical (unpaired) electrons. The molecule has 1 aliphatic rings. The van der Waals surface area contributed by atoms with Crippen LogP contribution in [-0.4, -0.2) is 44.3 Å². The van der Waals surface area contributed by atoms with Crippen molar-refractivity contribution in [2.24, 2.45) is 4.99 Å². The molecule has 0 aliphatic carbocycles. The van der Waals surface area contributed by atoms with Gasteiger partial charge in [0.1, 0.15) is 5.84 Å². The van der Waals surface area contributed by atoms with E-state index in [0.717, 1.165) is 12.8 Å². The number of carboxylic acids is 1. The zero-order valence-corrected chi connectivity index (χ0v) is 15.2. The SMILES string of the molecule is O=C(O)CCCNC(=O)CCCCCN=C1NS(=O)(=O)c2ccccc21. The molecule has 0 saturated heterocycles. The number of aliphatic imine (C=N–C) groups is 1. The first-order valence-electron chi connectivity index (χ1n) is 8.55. The number of nitrogens with one attached hydrogen (secondary N) is 2. The third kappa shape index (κ3) is 5.83. The lowest BCUT2D eigenvalue weighted by Crippen LogP contribution is -2.24. The number of sulfonamides is 1. The van der Waals surface area contributed by atoms with Crippen LogP contribution >= 0.6 is 0 Å². The van der Waals surface area contributed by atoms with Gasteiger partial charge in [0.2, 0.25) is 5.91 Å². The Balaban J connectivity index is 1.65. The monoisotopic (exact) mass is 381 g/mol. The molecule has 0 unspecified atom stereocenters. The Morgan fingerprint density at radius 2 is 1.85 bits per heavy atom. The molecule has 0 spiro atoms. The second-order valence-corrected chi connectivity index (χ2v) is 7.64. The van der Waals surface area contributed by atoms with Gasteiger partial charge in [-0.05, 0) is 31.4 Å². The molecule has 0 saturated carbocycles. The Labute approximate surface area is 152 Å². The van der Waals surface area contributed by atoms with E-state index in [4.69, 9.17) is 5.11 Å². The van der Waals surface area contributed by atoms with Crippen molar-refractivity contribution in [3.05, 3.63) is 29.8 Å². The number of fused-ring (bicyclic) bond motifs is 1. The molecule has 2 rings (SSSR count). The lowest BCUT2D eigenvalue weighted by Gasteiger charge is -2.04. The molecule has 9 heteroatoms. The number of carbonyl (C=O) groups excluding carboxylic acids is 1. The molecular formula is C17H23N3O5S. The number of amides is 1. The van der Waals surface area contributed by atoms with Crippen LogP contribution in [0.1, 0.15) is 44.1 Å². The largest absolute Gasteiger partial charge is 0.481 e. The normalized spacial score (nSPS) is 16.1. The fourth-order valence-corrected chi connectivity index (χ4v) is 3.82. The highest BCUT2D eigenvalue weighted by molar-refractivity contribution is 7.90. The third-order valence-electron chi connectivity index (χ3n) is 3.88. The van der Waals surface area contributed by atoms with Crippen LogP contribution in [-0.2, 0) is 19.6 Å². The van der Waals surface area contributed by atoms with E-state index in [2.05, 4.69) is 15.0 Å². The Kier molecular flexibility index (Phi) is 7.14. The van der Waals surface area contributed by atoms with E-state index in [1.807, 2.05) is 0 Å². The van der Waals surface area contributed by atoms with Crippen molar-refractivity contribution in [3.8, 4) is 0 Å². The van der Waals surface area contributed by atoms with Crippen LogP contribution in [0.3, 0.4) is 0 Å². The van der Waals surface area contributed by atoms with Gasteiger partial charge in [0.05, 0.1) is 4.90 Å². The molecule has 142 valence electrons. The van der Waals surface area contributed by atoms with Crippen molar-refractivity contribution in [1.82, 2.24) is 10.0 Å². The summed E-state index contributed by atoms with van der Waals surface area (Å²) in [5, 5.41) is 11.2. The van der Waals surface area contributed by atoms with Crippen molar-refractivity contribution in [2.75, 3.05) is 13.1 Å². The van der Waals surface area contributed by atoms with E-state index in [9.17, 15) is 18.0 Å². The summed E-state index contributed by atoms with van der Waals surface area (Å²) in [5.74, 6) is -0.580. The molecule has 1 amide bonds. The summed E-state index contributed by atoms with van der Waals surface area (Å²) in [6, 6.07) is 6.72. The predicted octanol–water partition coefficient (Wildman–Crippen LogP) is 1.27. The first-order valence-corrected chi connectivity index (χ1v) is 10.0. The first kappa shape index (κ1) is 19.9. The summed E-state index contributed by atoms with van der Waals surface area (Å²) in [7, 11) is -3.50. The number of hydrogen-bond acceptors (Lipinski definition) is 5. The topological polar surface area (TPSA) is 125 Å². The van der Waals surface area contributed by atoms with Gasteiger partial charge >= 0.3 is 5.97 Å². The smallest absolute Gasteiger partial charge is 0.303 e. The number of amidine groups is 1. The Bertz CT molecular complexity index is 789. The predicted molar refractivity (Wildman–Crippen MR) is 96.5 cm³/mol. The molecule has 1 aliphatic heterocycles. The van der Waals surface area contributed by atoms with Gasteiger partial charge in [-0.25, -0.2) is 8.42 Å². The molecule has 0 bridgehead atoms. The number of carboxylic acid groups (broad SMARTS) is 1. The summed E-state index contributed by atoms with van der Waals surface area (Å²) in [4.78, 5) is 26.5. The number of aliphatic carboxylic acids is 1. The Morgan fingerprint density at radius 1 is 1.08 bits per heavy atom. The number of hydrogen-bond donors (Lipinski definition) is 3. The minimum atomic E-state index is -3.50. The van der Waals surface area contributed by atoms with Crippen LogP contribution in [0, 0.1) is 0 Å². The molecule has 1 aromatic carbocycles. The first-order chi connectivity index (χ1) is 12.4. The molecule has 0 aromatic heterocycles. The van der Waals surface area contributed by atoms with E-state index in [1.54, 1.807) is 24.3 Å². The van der Waals surface area contributed by atoms with Crippen molar-refractivity contribution in [1.29, 1.82) is 0 Å². The Morgan fingerprint density at radius 3 is 2.62 bits per heavy atom. The van der Waals surface area contributed by atoms with Gasteiger partial charge in [-0.3, -0.25) is 19.3 Å². The Hall–Kier alpha value is -2.42. The van der Waals surface area contributed by atoms with Gasteiger partial charge in [-0.2, -0.15) is 0 Å². The number of carbonyl (C=O) groups is 2. The summed E-state index contributed by atoms with van der Waals surface area (Å²) < 4.78 is 26.4. The standard InChI is InChI=1S/C17H23N3O5S/c21-15(18-12-6-10-16(22)23)9-2-1-5-11-19-17-13-7-3-4-8-14(13)26(24,25)20-17/h3-4,7-8H,1-2,5-6,9-12H2,(H,18,21)(H,19,20)(H,22,23). The van der Waals surface area contributed by atoms with E-state index in [-0.39, 0.29) is 17.2 Å². The molecular weight excluding hydrogens is 358 g/mol. The van der Waals surface area contributed by atoms with Crippen LogP contribution in [0.5, 0.6) is 0 Å². The second kappa shape index (κ2) is 9.33. The van der Waals surface area contributed by atoms with Gasteiger partial charge in [-0.1, -0.05) is 18.6 Å². The van der Waals surface area contributed by atoms with Gasteiger partial charge in [0, 0.05) is 31.5 Å². The number of rotatable bonds is 10. The van der Waals surface area contributed by atoms with Crippen LogP contribution in [0.2, 0.25) is 0 Å². The zero-order valence-electron chi connectivity index (χ0n) is 14.4. The van der Waals surface area contributed by atoms with Gasteiger partial charge in [0.15, 0.2) is 0 Å². The molecule has 0 atom stereocenters. The number of benzene rings is 1. The highest BCUT2D eigenvalue weighted by atomic mass is 32.2. The summed E-state index contributed by atoms with van der Waals surface area (Å²) in [5.41, 5.74) is 0.591. The highest BCUT2D eigenvalue weighted by Gasteiger charge is 2.29. The van der Waals surface area contributed by atoms with E-state index in [1.165, 1.54) is 0 Å². The lowest BCUT2D eigenvalue weighted by atomic mass is 10.2. The molecule has 1 aromatic rings. The van der Waals surface area contributed by atoms with Gasteiger partial charge in [-0.15, -0.1) is 0 Å². The minimum Gasteiger partial charge on any atom is -0.481 e. The molecule has 0 fully saturated rings. The van der Waals surface area contributed by atoms with Gasteiger partial charge < -0.3 is 10.4 Å². The zero-order chi connectivity index (χ0) is 19.0. The molecule has 3 N–H and O–H groups in total. The average molecular weight is 381 g/mol. The van der Waals surface area contributed by atoms with E-state index in [0.29, 0.717) is 43.8 Å². The summed E-state index contributed by atoms with van der Waals surface area (Å²) >= 11 is 0. The fraction of sp³-hybridized carbons (Fsp3) is 0.471. The van der Waals surface area contributed by atoms with Crippen molar-refractivity contribution >= 4 is 27.7 Å². The quantitative estimate of drug-likeness (QED) is 0.526. The van der Waals surface area contributed by atoms with Gasteiger partial charge in [0.25, 0.3) is 10.0 Å². The maximum absolute atomic E-state index is 12.0. The van der Waals surface area contributed by atoms with Crippen LogP contribution in [0.4, 0.5) is 0 Å². The maximum atomic E-state index is 12.0.